The molecule has 24 heavy (non-hydrogen) atoms. The number of carbonyl (C=O) groups excluding carboxylic acids is 1. The zero-order valence-electron chi connectivity index (χ0n) is 13.7. The summed E-state index contributed by atoms with van der Waals surface area (Å²) in [7, 11) is 0. The highest BCUT2D eigenvalue weighted by Gasteiger charge is 2.39. The van der Waals surface area contributed by atoms with Crippen LogP contribution in [0.5, 0.6) is 0 Å². The summed E-state index contributed by atoms with van der Waals surface area (Å²) >= 11 is 1.63. The number of rotatable bonds is 6. The summed E-state index contributed by atoms with van der Waals surface area (Å²) in [6.45, 7) is 0.556. The number of nitrogens with one attached hydrogen (secondary N) is 1. The number of carbonyl (C=O) groups is 1. The van der Waals surface area contributed by atoms with Crippen LogP contribution in [0.25, 0.3) is 0 Å². The van der Waals surface area contributed by atoms with Crippen molar-refractivity contribution in [3.8, 4) is 0 Å². The lowest BCUT2D eigenvalue weighted by atomic mass is 9.88. The van der Waals surface area contributed by atoms with E-state index in [1.54, 1.807) is 11.8 Å². The van der Waals surface area contributed by atoms with Gasteiger partial charge in [-0.2, -0.15) is 11.8 Å². The summed E-state index contributed by atoms with van der Waals surface area (Å²) in [5.74, 6) is 1.35. The first kappa shape index (κ1) is 17.1. The van der Waals surface area contributed by atoms with Gasteiger partial charge in [0.2, 0.25) is 0 Å². The van der Waals surface area contributed by atoms with E-state index < -0.39 is 5.60 Å². The lowest BCUT2D eigenvalue weighted by molar-refractivity contribution is -0.137. The predicted molar refractivity (Wildman–Crippen MR) is 99.2 cm³/mol. The second-order valence-electron chi connectivity index (χ2n) is 6.25. The molecule has 126 valence electrons. The van der Waals surface area contributed by atoms with Crippen molar-refractivity contribution in [1.29, 1.82) is 0 Å². The molecule has 1 atom stereocenters. The van der Waals surface area contributed by atoms with Crippen molar-refractivity contribution in [3.05, 3.63) is 71.8 Å². The van der Waals surface area contributed by atoms with Gasteiger partial charge < -0.3 is 10.4 Å². The maximum Gasteiger partial charge on any atom is 0.252 e. The van der Waals surface area contributed by atoms with Crippen LogP contribution in [0, 0.1) is 0 Å². The molecule has 4 heteroatoms. The van der Waals surface area contributed by atoms with Crippen molar-refractivity contribution in [1.82, 2.24) is 5.32 Å². The quantitative estimate of drug-likeness (QED) is 0.848. The van der Waals surface area contributed by atoms with E-state index in [1.807, 2.05) is 36.4 Å². The first-order chi connectivity index (χ1) is 11.7. The SMILES string of the molecule is O=C(NCCC(c1ccccc1)c1ccccc1)C1(O)CCSC1. The molecule has 0 spiro atoms. The fourth-order valence-corrected chi connectivity index (χ4v) is 4.36. The fourth-order valence-electron chi connectivity index (χ4n) is 3.12. The molecule has 3 rings (SSSR count). The smallest absolute Gasteiger partial charge is 0.252 e. The van der Waals surface area contributed by atoms with Gasteiger partial charge in [-0.3, -0.25) is 4.79 Å². The molecule has 1 heterocycles. The zero-order chi connectivity index (χ0) is 16.8. The Morgan fingerprint density at radius 1 is 1.08 bits per heavy atom. The Morgan fingerprint density at radius 2 is 1.67 bits per heavy atom. The van der Waals surface area contributed by atoms with Crippen molar-refractivity contribution >= 4 is 17.7 Å². The molecular weight excluding hydrogens is 318 g/mol. The molecule has 2 aromatic carbocycles. The molecule has 2 aromatic rings. The molecule has 0 radical (unpaired) electrons. The summed E-state index contributed by atoms with van der Waals surface area (Å²) in [5, 5.41) is 13.3. The Kier molecular flexibility index (Phi) is 5.59. The summed E-state index contributed by atoms with van der Waals surface area (Å²) in [5.41, 5.74) is 1.31. The Bertz CT molecular complexity index is 614. The molecule has 2 N–H and O–H groups in total. The second-order valence-corrected chi connectivity index (χ2v) is 7.36. The minimum atomic E-state index is -1.18. The Labute approximate surface area is 147 Å². The molecule has 1 aliphatic rings. The zero-order valence-corrected chi connectivity index (χ0v) is 14.5. The van der Waals surface area contributed by atoms with Gasteiger partial charge in [-0.25, -0.2) is 0 Å². The molecule has 0 bridgehead atoms. The Hall–Kier alpha value is -1.78. The normalized spacial score (nSPS) is 20.2. The van der Waals surface area contributed by atoms with E-state index in [2.05, 4.69) is 29.6 Å². The summed E-state index contributed by atoms with van der Waals surface area (Å²) < 4.78 is 0. The van der Waals surface area contributed by atoms with Gasteiger partial charge >= 0.3 is 0 Å². The van der Waals surface area contributed by atoms with Crippen LogP contribution in [-0.2, 0) is 4.79 Å². The molecule has 0 aromatic heterocycles. The van der Waals surface area contributed by atoms with Crippen LogP contribution in [0.15, 0.2) is 60.7 Å². The molecule has 1 amide bonds. The number of hydrogen-bond donors (Lipinski definition) is 2. The Balaban J connectivity index is 1.66. The van der Waals surface area contributed by atoms with Gasteiger partial charge in [0.05, 0.1) is 0 Å². The largest absolute Gasteiger partial charge is 0.379 e. The van der Waals surface area contributed by atoms with E-state index in [1.165, 1.54) is 11.1 Å². The van der Waals surface area contributed by atoms with E-state index in [0.717, 1.165) is 12.2 Å². The van der Waals surface area contributed by atoms with Crippen molar-refractivity contribution in [2.75, 3.05) is 18.1 Å². The van der Waals surface area contributed by atoms with Crippen LogP contribution in [0.4, 0.5) is 0 Å². The van der Waals surface area contributed by atoms with Gasteiger partial charge in [-0.15, -0.1) is 0 Å². The maximum atomic E-state index is 12.2. The highest BCUT2D eigenvalue weighted by atomic mass is 32.2. The number of thioether (sulfide) groups is 1. The van der Waals surface area contributed by atoms with E-state index in [4.69, 9.17) is 0 Å². The number of aliphatic hydroxyl groups is 1. The molecule has 1 fully saturated rings. The monoisotopic (exact) mass is 341 g/mol. The van der Waals surface area contributed by atoms with E-state index >= 15 is 0 Å². The van der Waals surface area contributed by atoms with Crippen LogP contribution >= 0.6 is 11.8 Å². The second kappa shape index (κ2) is 7.86. The predicted octanol–water partition coefficient (Wildman–Crippen LogP) is 3.19. The lowest BCUT2D eigenvalue weighted by Crippen LogP contribution is -2.47. The van der Waals surface area contributed by atoms with E-state index in [-0.39, 0.29) is 11.8 Å². The molecule has 1 unspecified atom stereocenters. The van der Waals surface area contributed by atoms with E-state index in [0.29, 0.717) is 18.7 Å². The van der Waals surface area contributed by atoms with Crippen LogP contribution in [0.1, 0.15) is 29.9 Å². The minimum absolute atomic E-state index is 0.229. The highest BCUT2D eigenvalue weighted by molar-refractivity contribution is 7.99. The number of amides is 1. The molecule has 1 aliphatic heterocycles. The maximum absolute atomic E-state index is 12.2. The van der Waals surface area contributed by atoms with Crippen molar-refractivity contribution in [3.63, 3.8) is 0 Å². The van der Waals surface area contributed by atoms with Gasteiger partial charge in [0.15, 0.2) is 5.60 Å². The highest BCUT2D eigenvalue weighted by Crippen LogP contribution is 2.29. The molecule has 1 saturated heterocycles. The summed E-state index contributed by atoms with van der Waals surface area (Å²) in [6.07, 6.45) is 1.35. The topological polar surface area (TPSA) is 49.3 Å². The van der Waals surface area contributed by atoms with Gasteiger partial charge in [-0.1, -0.05) is 60.7 Å². The third-order valence-corrected chi connectivity index (χ3v) is 5.72. The minimum Gasteiger partial charge on any atom is -0.379 e. The third-order valence-electron chi connectivity index (χ3n) is 4.55. The van der Waals surface area contributed by atoms with E-state index in [9.17, 15) is 9.90 Å². The van der Waals surface area contributed by atoms with Gasteiger partial charge in [0.25, 0.3) is 5.91 Å². The standard InChI is InChI=1S/C20H23NO2S/c22-19(20(23)12-14-24-15-20)21-13-11-18(16-7-3-1-4-8-16)17-9-5-2-6-10-17/h1-10,18,23H,11-15H2,(H,21,22). The summed E-state index contributed by atoms with van der Waals surface area (Å²) in [4.78, 5) is 12.2. The van der Waals surface area contributed by atoms with Crippen LogP contribution < -0.4 is 5.32 Å². The summed E-state index contributed by atoms with van der Waals surface area (Å²) in [6, 6.07) is 20.7. The number of benzene rings is 2. The first-order valence-corrected chi connectivity index (χ1v) is 9.53. The Morgan fingerprint density at radius 3 is 2.17 bits per heavy atom. The third kappa shape index (κ3) is 4.00. The first-order valence-electron chi connectivity index (χ1n) is 8.37. The number of hydrogen-bond acceptors (Lipinski definition) is 3. The average molecular weight is 341 g/mol. The molecular formula is C20H23NO2S. The van der Waals surface area contributed by atoms with Crippen LogP contribution in [-0.4, -0.2) is 34.7 Å². The van der Waals surface area contributed by atoms with Crippen molar-refractivity contribution in [2.45, 2.75) is 24.4 Å². The van der Waals surface area contributed by atoms with Gasteiger partial charge in [0.1, 0.15) is 0 Å². The van der Waals surface area contributed by atoms with Gasteiger partial charge in [0, 0.05) is 18.2 Å². The molecule has 0 aliphatic carbocycles. The lowest BCUT2D eigenvalue weighted by Gasteiger charge is -2.22. The average Bonchev–Trinajstić information content (AvgIpc) is 3.08. The fraction of sp³-hybridized carbons (Fsp3) is 0.350. The van der Waals surface area contributed by atoms with Crippen molar-refractivity contribution in [2.24, 2.45) is 0 Å². The van der Waals surface area contributed by atoms with Crippen molar-refractivity contribution < 1.29 is 9.90 Å². The molecule has 0 saturated carbocycles. The van der Waals surface area contributed by atoms with Gasteiger partial charge in [-0.05, 0) is 29.7 Å². The van der Waals surface area contributed by atoms with Crippen LogP contribution in [0.3, 0.4) is 0 Å². The molecule has 3 nitrogen and oxygen atoms in total. The van der Waals surface area contributed by atoms with Crippen LogP contribution in [0.2, 0.25) is 0 Å².